The zero-order valence-electron chi connectivity index (χ0n) is 18.1. The van der Waals surface area contributed by atoms with E-state index in [1.54, 1.807) is 11.9 Å². The number of aliphatic hydroxyl groups excluding tert-OH is 1. The minimum absolute atomic E-state index is 0.100. The van der Waals surface area contributed by atoms with Gasteiger partial charge in [-0.1, -0.05) is 36.4 Å². The average molecular weight is 418 g/mol. The van der Waals surface area contributed by atoms with E-state index in [0.717, 1.165) is 33.2 Å². The number of nitrogens with zero attached hydrogens (tertiary/aromatic N) is 2. The summed E-state index contributed by atoms with van der Waals surface area (Å²) in [5, 5.41) is 10.5. The van der Waals surface area contributed by atoms with Crippen LogP contribution in [0, 0.1) is 13.8 Å². The Morgan fingerprint density at radius 1 is 1.03 bits per heavy atom. The molecule has 0 saturated carbocycles. The predicted octanol–water partition coefficient (Wildman–Crippen LogP) is 3.03. The van der Waals surface area contributed by atoms with Gasteiger partial charge in [0.2, 0.25) is 0 Å². The second kappa shape index (κ2) is 8.40. The molecule has 0 unspecified atom stereocenters. The largest absolute Gasteiger partial charge is 0.395 e. The maximum Gasteiger partial charge on any atom is 0.277 e. The van der Waals surface area contributed by atoms with Gasteiger partial charge in [0.1, 0.15) is 5.70 Å². The summed E-state index contributed by atoms with van der Waals surface area (Å²) in [4.78, 5) is 33.0. The van der Waals surface area contributed by atoms with Crippen molar-refractivity contribution in [2.24, 2.45) is 0 Å². The molecule has 2 N–H and O–H groups in total. The Labute approximate surface area is 181 Å². The van der Waals surface area contributed by atoms with Crippen LogP contribution in [0.25, 0.3) is 16.5 Å². The van der Waals surface area contributed by atoms with E-state index in [0.29, 0.717) is 24.2 Å². The monoisotopic (exact) mass is 417 g/mol. The number of carbonyl (C=O) groups is 2. The molecular formula is C25H27N3O3. The van der Waals surface area contributed by atoms with Gasteiger partial charge < -0.3 is 15.0 Å². The van der Waals surface area contributed by atoms with Crippen LogP contribution in [0.3, 0.4) is 0 Å². The SMILES string of the molecule is Cc1ccc(C2=C(N(C)CCO)C(=O)N(CCc3c[nH]c4ccccc34)C2=O)cc1C. The summed E-state index contributed by atoms with van der Waals surface area (Å²) in [5.74, 6) is -0.595. The minimum Gasteiger partial charge on any atom is -0.395 e. The molecule has 1 aliphatic heterocycles. The number of benzene rings is 2. The zero-order chi connectivity index (χ0) is 22.1. The van der Waals surface area contributed by atoms with Crippen molar-refractivity contribution in [1.29, 1.82) is 0 Å². The minimum atomic E-state index is -0.311. The Hall–Kier alpha value is -3.38. The van der Waals surface area contributed by atoms with Gasteiger partial charge in [-0.05, 0) is 48.6 Å². The molecule has 6 nitrogen and oxygen atoms in total. The van der Waals surface area contributed by atoms with Crippen molar-refractivity contribution >= 4 is 28.3 Å². The van der Waals surface area contributed by atoms with E-state index in [4.69, 9.17) is 0 Å². The molecule has 0 spiro atoms. The highest BCUT2D eigenvalue weighted by molar-refractivity contribution is 6.35. The summed E-state index contributed by atoms with van der Waals surface area (Å²) in [5.41, 5.74) is 5.78. The van der Waals surface area contributed by atoms with E-state index >= 15 is 0 Å². The van der Waals surface area contributed by atoms with Gasteiger partial charge in [-0.3, -0.25) is 14.5 Å². The number of nitrogens with one attached hydrogen (secondary N) is 1. The third-order valence-corrected chi connectivity index (χ3v) is 6.04. The molecule has 0 aliphatic carbocycles. The second-order valence-corrected chi connectivity index (χ2v) is 8.04. The molecule has 2 heterocycles. The van der Waals surface area contributed by atoms with Crippen LogP contribution in [0.4, 0.5) is 0 Å². The molecule has 1 aliphatic rings. The number of aliphatic hydroxyl groups is 1. The maximum atomic E-state index is 13.4. The highest BCUT2D eigenvalue weighted by atomic mass is 16.3. The van der Waals surface area contributed by atoms with Gasteiger partial charge in [-0.15, -0.1) is 0 Å². The standard InChI is InChI=1S/C25H27N3O3/c1-16-8-9-18(14-17(16)2)22-23(27(3)12-13-29)25(31)28(24(22)30)11-10-19-15-26-21-7-5-4-6-20(19)21/h4-9,14-15,26,29H,10-13H2,1-3H3. The summed E-state index contributed by atoms with van der Waals surface area (Å²) in [7, 11) is 1.74. The highest BCUT2D eigenvalue weighted by Crippen LogP contribution is 2.32. The van der Waals surface area contributed by atoms with E-state index in [9.17, 15) is 14.7 Å². The normalized spacial score (nSPS) is 14.3. The molecule has 0 radical (unpaired) electrons. The first kappa shape index (κ1) is 20.9. The van der Waals surface area contributed by atoms with Crippen LogP contribution >= 0.6 is 0 Å². The maximum absolute atomic E-state index is 13.4. The lowest BCUT2D eigenvalue weighted by atomic mass is 9.99. The fourth-order valence-electron chi connectivity index (χ4n) is 4.11. The van der Waals surface area contributed by atoms with Crippen LogP contribution in [-0.4, -0.2) is 58.4 Å². The number of carbonyl (C=O) groups excluding carboxylic acids is 2. The first-order valence-electron chi connectivity index (χ1n) is 10.5. The fourth-order valence-corrected chi connectivity index (χ4v) is 4.11. The molecule has 6 heteroatoms. The molecule has 0 bridgehead atoms. The Balaban J connectivity index is 1.66. The topological polar surface area (TPSA) is 76.6 Å². The van der Waals surface area contributed by atoms with E-state index in [2.05, 4.69) is 4.98 Å². The Morgan fingerprint density at radius 3 is 2.55 bits per heavy atom. The number of hydrogen-bond acceptors (Lipinski definition) is 4. The molecule has 0 fully saturated rings. The molecule has 0 saturated heterocycles. The number of aromatic nitrogens is 1. The Morgan fingerprint density at radius 2 is 1.81 bits per heavy atom. The van der Waals surface area contributed by atoms with Crippen molar-refractivity contribution in [2.45, 2.75) is 20.3 Å². The number of likely N-dealkylation sites (N-methyl/N-ethyl adjacent to an activating group) is 1. The van der Waals surface area contributed by atoms with Crippen LogP contribution in [0.5, 0.6) is 0 Å². The highest BCUT2D eigenvalue weighted by Gasteiger charge is 2.40. The third-order valence-electron chi connectivity index (χ3n) is 6.04. The fraction of sp³-hybridized carbons (Fsp3) is 0.280. The van der Waals surface area contributed by atoms with Crippen molar-refractivity contribution in [2.75, 3.05) is 26.7 Å². The van der Waals surface area contributed by atoms with E-state index in [1.165, 1.54) is 4.90 Å². The van der Waals surface area contributed by atoms with Gasteiger partial charge in [0.15, 0.2) is 0 Å². The van der Waals surface area contributed by atoms with Crippen LogP contribution in [0.2, 0.25) is 0 Å². The molecule has 3 aromatic rings. The summed E-state index contributed by atoms with van der Waals surface area (Å²) in [6.45, 7) is 4.48. The number of H-pyrrole nitrogens is 1. The smallest absolute Gasteiger partial charge is 0.277 e. The van der Waals surface area contributed by atoms with Gasteiger partial charge >= 0.3 is 0 Å². The lowest BCUT2D eigenvalue weighted by Crippen LogP contribution is -2.36. The second-order valence-electron chi connectivity index (χ2n) is 8.04. The van der Waals surface area contributed by atoms with E-state index in [1.807, 2.05) is 62.5 Å². The average Bonchev–Trinajstić information content (AvgIpc) is 3.27. The number of fused-ring (bicyclic) bond motifs is 1. The van der Waals surface area contributed by atoms with Gasteiger partial charge in [-0.25, -0.2) is 0 Å². The van der Waals surface area contributed by atoms with E-state index in [-0.39, 0.29) is 25.0 Å². The molecule has 1 aromatic heterocycles. The zero-order valence-corrected chi connectivity index (χ0v) is 18.1. The quantitative estimate of drug-likeness (QED) is 0.580. The molecule has 2 amide bonds. The molecule has 160 valence electrons. The van der Waals surface area contributed by atoms with Crippen molar-refractivity contribution in [1.82, 2.24) is 14.8 Å². The molecule has 2 aromatic carbocycles. The van der Waals surface area contributed by atoms with E-state index < -0.39 is 0 Å². The lowest BCUT2D eigenvalue weighted by Gasteiger charge is -2.20. The van der Waals surface area contributed by atoms with Crippen LogP contribution in [0.1, 0.15) is 22.3 Å². The van der Waals surface area contributed by atoms with Gasteiger partial charge in [0.25, 0.3) is 11.8 Å². The summed E-state index contributed by atoms with van der Waals surface area (Å²) < 4.78 is 0. The van der Waals surface area contributed by atoms with Crippen molar-refractivity contribution in [3.8, 4) is 0 Å². The number of aromatic amines is 1. The number of amides is 2. The lowest BCUT2D eigenvalue weighted by molar-refractivity contribution is -0.137. The third kappa shape index (κ3) is 3.75. The van der Waals surface area contributed by atoms with Crippen LogP contribution < -0.4 is 0 Å². The number of imide groups is 1. The van der Waals surface area contributed by atoms with Crippen LogP contribution in [0.15, 0.2) is 54.4 Å². The number of para-hydroxylation sites is 1. The summed E-state index contributed by atoms with van der Waals surface area (Å²) in [6, 6.07) is 13.8. The van der Waals surface area contributed by atoms with Gasteiger partial charge in [-0.2, -0.15) is 0 Å². The number of hydrogen-bond donors (Lipinski definition) is 2. The Kier molecular flexibility index (Phi) is 5.65. The molecule has 4 rings (SSSR count). The van der Waals surface area contributed by atoms with Crippen molar-refractivity contribution in [3.05, 3.63) is 76.6 Å². The van der Waals surface area contributed by atoms with Gasteiger partial charge in [0, 0.05) is 37.2 Å². The van der Waals surface area contributed by atoms with Crippen LogP contribution in [-0.2, 0) is 16.0 Å². The molecule has 31 heavy (non-hydrogen) atoms. The first-order valence-corrected chi connectivity index (χ1v) is 10.5. The predicted molar refractivity (Wildman–Crippen MR) is 121 cm³/mol. The first-order chi connectivity index (χ1) is 14.9. The summed E-state index contributed by atoms with van der Waals surface area (Å²) >= 11 is 0. The molecule has 0 atom stereocenters. The number of rotatable bonds is 7. The van der Waals surface area contributed by atoms with Crippen molar-refractivity contribution < 1.29 is 14.7 Å². The summed E-state index contributed by atoms with van der Waals surface area (Å²) in [6.07, 6.45) is 2.50. The van der Waals surface area contributed by atoms with Crippen molar-refractivity contribution in [3.63, 3.8) is 0 Å². The van der Waals surface area contributed by atoms with Gasteiger partial charge in [0.05, 0.1) is 12.2 Å². The number of aryl methyl sites for hydroxylation is 2. The molecular weight excluding hydrogens is 390 g/mol. The Bertz CT molecular complexity index is 1190.